The normalized spacial score (nSPS) is 13.3. The van der Waals surface area contributed by atoms with E-state index in [-0.39, 0.29) is 11.9 Å². The molecule has 1 aliphatic rings. The lowest BCUT2D eigenvalue weighted by molar-refractivity contribution is 0.102. The van der Waals surface area contributed by atoms with E-state index in [1.54, 1.807) is 12.1 Å². The van der Waals surface area contributed by atoms with E-state index in [2.05, 4.69) is 27.8 Å². The lowest BCUT2D eigenvalue weighted by Gasteiger charge is -2.31. The van der Waals surface area contributed by atoms with Gasteiger partial charge < -0.3 is 20.9 Å². The summed E-state index contributed by atoms with van der Waals surface area (Å²) in [5, 5.41) is 8.83. The number of nitrogens with one attached hydrogen (secondary N) is 3. The van der Waals surface area contributed by atoms with E-state index in [4.69, 9.17) is 0 Å². The number of carbonyl (C=O) groups excluding carboxylic acids is 2. The number of anilines is 4. The van der Waals surface area contributed by atoms with Gasteiger partial charge in [-0.3, -0.25) is 4.79 Å². The van der Waals surface area contributed by atoms with Gasteiger partial charge in [0.25, 0.3) is 5.91 Å². The molecular weight excluding hydrogens is 412 g/mol. The van der Waals surface area contributed by atoms with Crippen LogP contribution in [0.3, 0.4) is 0 Å². The van der Waals surface area contributed by atoms with Crippen LogP contribution in [0.25, 0.3) is 0 Å². The Labute approximate surface area is 195 Å². The molecule has 1 saturated heterocycles. The summed E-state index contributed by atoms with van der Waals surface area (Å²) >= 11 is 0. The Morgan fingerprint density at radius 3 is 2.18 bits per heavy atom. The summed E-state index contributed by atoms with van der Waals surface area (Å²) in [6.45, 7) is 4.00. The minimum absolute atomic E-state index is 0.187. The molecule has 0 unspecified atom stereocenters. The average Bonchev–Trinajstić information content (AvgIpc) is 2.85. The average molecular weight is 443 g/mol. The molecule has 0 aliphatic carbocycles. The van der Waals surface area contributed by atoms with Crippen LogP contribution >= 0.6 is 0 Å². The maximum atomic E-state index is 12.8. The standard InChI is InChI=1S/C27H30N4O2/c1-2-20-11-13-22(14-12-20)29-27(33)30-24-19-23(28-26(32)21-9-5-3-6-10-21)15-16-25(24)31-17-7-4-8-18-31/h3,5-6,9-16,19H,2,4,7-8,17-18H2,1H3,(H,28,32)(H2,29,30,33). The van der Waals surface area contributed by atoms with Crippen LogP contribution in [0, 0.1) is 0 Å². The van der Waals surface area contributed by atoms with Crippen LogP contribution in [0.5, 0.6) is 0 Å². The molecule has 3 aromatic carbocycles. The molecule has 0 aromatic heterocycles. The van der Waals surface area contributed by atoms with Gasteiger partial charge in [-0.25, -0.2) is 4.79 Å². The van der Waals surface area contributed by atoms with Crippen LogP contribution in [0.1, 0.15) is 42.1 Å². The fourth-order valence-corrected chi connectivity index (χ4v) is 4.03. The maximum absolute atomic E-state index is 12.8. The minimum Gasteiger partial charge on any atom is -0.370 e. The molecule has 0 radical (unpaired) electrons. The molecule has 6 heteroatoms. The largest absolute Gasteiger partial charge is 0.370 e. The number of urea groups is 1. The zero-order valence-corrected chi connectivity index (χ0v) is 18.9. The Morgan fingerprint density at radius 2 is 1.48 bits per heavy atom. The number of amides is 3. The molecule has 3 amide bonds. The molecule has 170 valence electrons. The van der Waals surface area contributed by atoms with E-state index in [9.17, 15) is 9.59 Å². The topological polar surface area (TPSA) is 73.5 Å². The summed E-state index contributed by atoms with van der Waals surface area (Å²) in [6, 6.07) is 22.3. The molecule has 3 N–H and O–H groups in total. The molecule has 3 aromatic rings. The van der Waals surface area contributed by atoms with Gasteiger partial charge in [-0.05, 0) is 73.7 Å². The van der Waals surface area contributed by atoms with Crippen molar-refractivity contribution >= 4 is 34.7 Å². The van der Waals surface area contributed by atoms with Gasteiger partial charge in [-0.1, -0.05) is 37.3 Å². The molecule has 1 heterocycles. The van der Waals surface area contributed by atoms with E-state index >= 15 is 0 Å². The molecule has 1 aliphatic heterocycles. The molecule has 0 atom stereocenters. The molecule has 0 saturated carbocycles. The molecule has 4 rings (SSSR count). The van der Waals surface area contributed by atoms with E-state index in [0.717, 1.165) is 43.7 Å². The summed E-state index contributed by atoms with van der Waals surface area (Å²) in [5.41, 5.74) is 4.80. The summed E-state index contributed by atoms with van der Waals surface area (Å²) in [4.78, 5) is 27.7. The van der Waals surface area contributed by atoms with Crippen LogP contribution < -0.4 is 20.9 Å². The van der Waals surface area contributed by atoms with Crippen molar-refractivity contribution in [2.24, 2.45) is 0 Å². The van der Waals surface area contributed by atoms with Gasteiger partial charge in [0, 0.05) is 30.0 Å². The van der Waals surface area contributed by atoms with Crippen LogP contribution in [-0.2, 0) is 6.42 Å². The molecule has 6 nitrogen and oxygen atoms in total. The quantitative estimate of drug-likeness (QED) is 0.430. The van der Waals surface area contributed by atoms with Crippen LogP contribution in [0.15, 0.2) is 72.8 Å². The number of hydrogen-bond acceptors (Lipinski definition) is 3. The van der Waals surface area contributed by atoms with E-state index in [1.807, 2.05) is 60.7 Å². The smallest absolute Gasteiger partial charge is 0.323 e. The molecule has 1 fully saturated rings. The minimum atomic E-state index is -0.316. The second kappa shape index (κ2) is 10.7. The molecule has 33 heavy (non-hydrogen) atoms. The Morgan fingerprint density at radius 1 is 0.788 bits per heavy atom. The highest BCUT2D eigenvalue weighted by Crippen LogP contribution is 2.32. The first-order valence-electron chi connectivity index (χ1n) is 11.5. The number of hydrogen-bond donors (Lipinski definition) is 3. The highest BCUT2D eigenvalue weighted by atomic mass is 16.2. The lowest BCUT2D eigenvalue weighted by atomic mass is 10.1. The second-order valence-electron chi connectivity index (χ2n) is 8.23. The van der Waals surface area contributed by atoms with Crippen molar-refractivity contribution in [2.45, 2.75) is 32.6 Å². The van der Waals surface area contributed by atoms with Crippen molar-refractivity contribution in [1.29, 1.82) is 0 Å². The van der Waals surface area contributed by atoms with Gasteiger partial charge in [0.1, 0.15) is 0 Å². The Bertz CT molecular complexity index is 1090. The second-order valence-corrected chi connectivity index (χ2v) is 8.23. The van der Waals surface area contributed by atoms with Crippen molar-refractivity contribution in [3.05, 3.63) is 83.9 Å². The van der Waals surface area contributed by atoms with Crippen molar-refractivity contribution < 1.29 is 9.59 Å². The van der Waals surface area contributed by atoms with Crippen molar-refractivity contribution in [2.75, 3.05) is 33.9 Å². The lowest BCUT2D eigenvalue weighted by Crippen LogP contribution is -2.31. The first-order valence-corrected chi connectivity index (χ1v) is 11.5. The third kappa shape index (κ3) is 5.92. The first kappa shape index (κ1) is 22.4. The van der Waals surface area contributed by atoms with Gasteiger partial charge in [-0.2, -0.15) is 0 Å². The van der Waals surface area contributed by atoms with Crippen molar-refractivity contribution in [3.63, 3.8) is 0 Å². The van der Waals surface area contributed by atoms with Crippen molar-refractivity contribution in [3.8, 4) is 0 Å². The molecule has 0 spiro atoms. The highest BCUT2D eigenvalue weighted by Gasteiger charge is 2.17. The number of nitrogens with zero attached hydrogens (tertiary/aromatic N) is 1. The number of carbonyl (C=O) groups is 2. The zero-order valence-electron chi connectivity index (χ0n) is 18.9. The van der Waals surface area contributed by atoms with E-state index < -0.39 is 0 Å². The van der Waals surface area contributed by atoms with Gasteiger partial charge >= 0.3 is 6.03 Å². The Balaban J connectivity index is 1.53. The van der Waals surface area contributed by atoms with Gasteiger partial charge in [0.15, 0.2) is 0 Å². The van der Waals surface area contributed by atoms with Gasteiger partial charge in [0.2, 0.25) is 0 Å². The predicted octanol–water partition coefficient (Wildman–Crippen LogP) is 6.14. The fourth-order valence-electron chi connectivity index (χ4n) is 4.03. The number of rotatable bonds is 6. The van der Waals surface area contributed by atoms with Crippen LogP contribution in [-0.4, -0.2) is 25.0 Å². The highest BCUT2D eigenvalue weighted by molar-refractivity contribution is 6.06. The summed E-state index contributed by atoms with van der Waals surface area (Å²) in [7, 11) is 0. The maximum Gasteiger partial charge on any atom is 0.323 e. The number of benzene rings is 3. The van der Waals surface area contributed by atoms with E-state index in [1.165, 1.54) is 12.0 Å². The van der Waals surface area contributed by atoms with Crippen LogP contribution in [0.4, 0.5) is 27.5 Å². The third-order valence-corrected chi connectivity index (χ3v) is 5.86. The zero-order chi connectivity index (χ0) is 23.0. The number of aryl methyl sites for hydroxylation is 1. The molecular formula is C27H30N4O2. The van der Waals surface area contributed by atoms with Gasteiger partial charge in [-0.15, -0.1) is 0 Å². The fraction of sp³-hybridized carbons (Fsp3) is 0.259. The summed E-state index contributed by atoms with van der Waals surface area (Å²) < 4.78 is 0. The third-order valence-electron chi connectivity index (χ3n) is 5.86. The molecule has 0 bridgehead atoms. The number of piperidine rings is 1. The van der Waals surface area contributed by atoms with E-state index in [0.29, 0.717) is 16.9 Å². The Kier molecular flexibility index (Phi) is 7.25. The summed E-state index contributed by atoms with van der Waals surface area (Å²) in [5.74, 6) is -0.187. The first-order chi connectivity index (χ1) is 16.1. The monoisotopic (exact) mass is 442 g/mol. The van der Waals surface area contributed by atoms with Crippen molar-refractivity contribution in [1.82, 2.24) is 0 Å². The predicted molar refractivity (Wildman–Crippen MR) is 135 cm³/mol. The van der Waals surface area contributed by atoms with Crippen LogP contribution in [0.2, 0.25) is 0 Å². The van der Waals surface area contributed by atoms with Gasteiger partial charge in [0.05, 0.1) is 11.4 Å². The SMILES string of the molecule is CCc1ccc(NC(=O)Nc2cc(NC(=O)c3ccccc3)ccc2N2CCCCC2)cc1. The Hall–Kier alpha value is -3.80. The summed E-state index contributed by atoms with van der Waals surface area (Å²) in [6.07, 6.45) is 4.43.